The molecule has 6 aliphatic carbocycles. The highest BCUT2D eigenvalue weighted by atomic mass is 35.5. The highest BCUT2D eigenvalue weighted by Gasteiger charge is 2.70. The van der Waals surface area contributed by atoms with E-state index >= 15 is 0 Å². The molecular weight excluding hydrogens is 722 g/mol. The summed E-state index contributed by atoms with van der Waals surface area (Å²) in [5, 5.41) is 25.6. The third-order valence-corrected chi connectivity index (χ3v) is 17.7. The molecule has 6 aliphatic rings. The molecule has 0 aromatic heterocycles. The average molecular weight is 791 g/mol. The van der Waals surface area contributed by atoms with Gasteiger partial charge in [0, 0.05) is 21.4 Å². The smallest absolute Gasteiger partial charge is 0.309 e. The summed E-state index contributed by atoms with van der Waals surface area (Å²) < 4.78 is 6.19. The molecule has 1 amide bonds. The second kappa shape index (κ2) is 13.7. The number of carboxylic acids is 1. The van der Waals surface area contributed by atoms with Crippen LogP contribution in [-0.2, 0) is 24.7 Å². The Bertz CT molecular complexity index is 1840. The van der Waals surface area contributed by atoms with E-state index in [1.54, 1.807) is 13.8 Å². The van der Waals surface area contributed by atoms with E-state index in [1.165, 1.54) is 11.1 Å². The number of aliphatic hydroxyl groups excluding tert-OH is 1. The molecule has 9 unspecified atom stereocenters. The highest BCUT2D eigenvalue weighted by Crippen LogP contribution is 2.77. The first-order valence-electron chi connectivity index (χ1n) is 21.6. The fraction of sp³-hybridized carbons (Fsp3) is 0.729. The zero-order chi connectivity index (χ0) is 41.0. The van der Waals surface area contributed by atoms with Crippen LogP contribution < -0.4 is 5.32 Å². The zero-order valence-corrected chi connectivity index (χ0v) is 36.5. The number of carbonyl (C=O) groups excluding carboxylic acids is 2. The van der Waals surface area contributed by atoms with Gasteiger partial charge in [-0.3, -0.25) is 14.4 Å². The fourth-order valence-corrected chi connectivity index (χ4v) is 14.2. The van der Waals surface area contributed by atoms with Crippen molar-refractivity contribution >= 4 is 29.4 Å². The molecule has 5 saturated carbocycles. The van der Waals surface area contributed by atoms with Crippen molar-refractivity contribution in [2.45, 2.75) is 164 Å². The molecule has 0 spiro atoms. The first-order valence-corrected chi connectivity index (χ1v) is 22.0. The predicted molar refractivity (Wildman–Crippen MR) is 221 cm³/mol. The summed E-state index contributed by atoms with van der Waals surface area (Å²) in [5.41, 5.74) is 2.57. The minimum atomic E-state index is -1.17. The number of rotatable bonds is 9. The van der Waals surface area contributed by atoms with Gasteiger partial charge in [-0.1, -0.05) is 83.8 Å². The number of carbonyl (C=O) groups is 3. The van der Waals surface area contributed by atoms with E-state index in [2.05, 4.69) is 59.9 Å². The van der Waals surface area contributed by atoms with Gasteiger partial charge in [0.05, 0.1) is 23.5 Å². The number of aliphatic carboxylic acids is 1. The molecule has 1 aromatic carbocycles. The van der Waals surface area contributed by atoms with E-state index in [0.29, 0.717) is 29.2 Å². The quantitative estimate of drug-likeness (QED) is 0.130. The number of nitrogens with one attached hydrogen (secondary N) is 1. The van der Waals surface area contributed by atoms with Gasteiger partial charge in [-0.15, -0.1) is 0 Å². The Hall–Kier alpha value is -2.64. The van der Waals surface area contributed by atoms with Gasteiger partial charge in [-0.25, -0.2) is 0 Å². The van der Waals surface area contributed by atoms with Gasteiger partial charge in [0.2, 0.25) is 5.91 Å². The van der Waals surface area contributed by atoms with E-state index in [1.807, 2.05) is 31.2 Å². The average Bonchev–Trinajstić information content (AvgIpc) is 3.81. The number of fused-ring (bicyclic) bond motifs is 7. The Morgan fingerprint density at radius 1 is 0.911 bits per heavy atom. The summed E-state index contributed by atoms with van der Waals surface area (Å²) >= 11 is 6.19. The molecule has 308 valence electrons. The monoisotopic (exact) mass is 789 g/mol. The van der Waals surface area contributed by atoms with Crippen LogP contribution in [-0.4, -0.2) is 40.3 Å². The van der Waals surface area contributed by atoms with E-state index in [-0.39, 0.29) is 57.0 Å². The van der Waals surface area contributed by atoms with Crippen molar-refractivity contribution in [1.29, 1.82) is 0 Å². The van der Waals surface area contributed by atoms with Crippen molar-refractivity contribution in [2.75, 3.05) is 0 Å². The van der Waals surface area contributed by atoms with Crippen molar-refractivity contribution in [1.82, 2.24) is 5.32 Å². The maximum Gasteiger partial charge on any atom is 0.309 e. The molecule has 5 fully saturated rings. The molecule has 0 aliphatic heterocycles. The minimum absolute atomic E-state index is 0.0246. The minimum Gasteiger partial charge on any atom is -0.481 e. The lowest BCUT2D eigenvalue weighted by molar-refractivity contribution is -0.232. The van der Waals surface area contributed by atoms with Gasteiger partial charge in [0.1, 0.15) is 6.10 Å². The molecule has 0 heterocycles. The van der Waals surface area contributed by atoms with Crippen molar-refractivity contribution in [3.63, 3.8) is 0 Å². The van der Waals surface area contributed by atoms with Gasteiger partial charge in [0.25, 0.3) is 0 Å². The molecule has 1 aromatic rings. The van der Waals surface area contributed by atoms with Crippen LogP contribution in [0.1, 0.15) is 152 Å². The molecular formula is C48H68ClNO6. The van der Waals surface area contributed by atoms with Crippen LogP contribution in [0, 0.1) is 56.2 Å². The zero-order valence-electron chi connectivity index (χ0n) is 35.7. The number of amides is 1. The molecule has 8 heteroatoms. The summed E-state index contributed by atoms with van der Waals surface area (Å²) in [6, 6.07) is 7.84. The summed E-state index contributed by atoms with van der Waals surface area (Å²) in [7, 11) is 0. The SMILES string of the molecule is CC(=CC12CCC3(C)C(CCC4C5(C)CCC(OC(=O)CC(C)(C)C(=O)O)C(C)(C)C5CCC43C)C1=C(C(C)C)C(O)C2)C(=O)NC1(c2ccc(Cl)cc2)CC1. The van der Waals surface area contributed by atoms with Crippen LogP contribution in [0.25, 0.3) is 0 Å². The summed E-state index contributed by atoms with van der Waals surface area (Å²) in [5.74, 6) is -0.0107. The number of esters is 1. The highest BCUT2D eigenvalue weighted by molar-refractivity contribution is 6.30. The molecule has 7 rings (SSSR count). The van der Waals surface area contributed by atoms with Crippen LogP contribution in [0.2, 0.25) is 5.02 Å². The van der Waals surface area contributed by atoms with Crippen molar-refractivity contribution < 1.29 is 29.3 Å². The first kappa shape index (κ1) is 41.5. The summed E-state index contributed by atoms with van der Waals surface area (Å²) in [6.45, 7) is 21.9. The first-order chi connectivity index (χ1) is 26.0. The van der Waals surface area contributed by atoms with E-state index in [9.17, 15) is 24.6 Å². The van der Waals surface area contributed by atoms with Crippen molar-refractivity contribution in [3.8, 4) is 0 Å². The summed E-state index contributed by atoms with van der Waals surface area (Å²) in [6.07, 6.45) is 11.9. The van der Waals surface area contributed by atoms with Gasteiger partial charge >= 0.3 is 11.9 Å². The van der Waals surface area contributed by atoms with E-state index in [4.69, 9.17) is 16.3 Å². The lowest BCUT2D eigenvalue weighted by Crippen LogP contribution is -2.65. The predicted octanol–water partition coefficient (Wildman–Crippen LogP) is 10.6. The number of hydrogen-bond acceptors (Lipinski definition) is 5. The number of ether oxygens (including phenoxy) is 1. The van der Waals surface area contributed by atoms with Gasteiger partial charge in [-0.2, -0.15) is 0 Å². The molecule has 9 atom stereocenters. The third-order valence-electron chi connectivity index (χ3n) is 17.4. The lowest BCUT2D eigenvalue weighted by atomic mass is 9.33. The van der Waals surface area contributed by atoms with E-state index in [0.717, 1.165) is 75.3 Å². The van der Waals surface area contributed by atoms with Gasteiger partial charge in [-0.05, 0) is 155 Å². The molecule has 3 N–H and O–H groups in total. The number of carboxylic acid groups (broad SMARTS) is 1. The van der Waals surface area contributed by atoms with Crippen LogP contribution in [0.15, 0.2) is 47.1 Å². The Labute approximate surface area is 340 Å². The molecule has 0 saturated heterocycles. The maximum atomic E-state index is 14.0. The molecule has 56 heavy (non-hydrogen) atoms. The largest absolute Gasteiger partial charge is 0.481 e. The van der Waals surface area contributed by atoms with Crippen LogP contribution in [0.4, 0.5) is 0 Å². The number of halogens is 1. The number of aliphatic hydroxyl groups is 1. The van der Waals surface area contributed by atoms with E-state index < -0.39 is 23.5 Å². The topological polar surface area (TPSA) is 113 Å². The number of allylic oxidation sites excluding steroid dienone is 2. The molecule has 0 bridgehead atoms. The normalized spacial score (nSPS) is 38.5. The van der Waals surface area contributed by atoms with Crippen LogP contribution >= 0.6 is 11.6 Å². The van der Waals surface area contributed by atoms with Crippen molar-refractivity contribution in [3.05, 3.63) is 57.6 Å². The molecule has 0 radical (unpaired) electrons. The van der Waals surface area contributed by atoms with Crippen LogP contribution in [0.5, 0.6) is 0 Å². The maximum absolute atomic E-state index is 14.0. The lowest BCUT2D eigenvalue weighted by Gasteiger charge is -2.72. The molecule has 7 nitrogen and oxygen atoms in total. The van der Waals surface area contributed by atoms with Gasteiger partial charge < -0.3 is 20.3 Å². The van der Waals surface area contributed by atoms with Crippen molar-refractivity contribution in [2.24, 2.45) is 56.2 Å². The Kier molecular flexibility index (Phi) is 10.2. The second-order valence-electron chi connectivity index (χ2n) is 21.6. The standard InChI is InChI=1S/C48H68ClNO6/c1-28(2)38-33(51)26-47(25-29(3)40(53)50-48(23-24-48)30-11-13-31(49)14-12-30)22-21-45(9)32(39(38)47)15-16-35-44(8)19-18-36(56-37(52)27-42(4,5)41(54)55)43(6,7)34(44)17-20-46(35,45)10/h11-14,25,28,32-36,51H,15-24,26-27H2,1-10H3,(H,50,53)(H,54,55). The fourth-order valence-electron chi connectivity index (χ4n) is 14.1. The third kappa shape index (κ3) is 6.34. The second-order valence-corrected chi connectivity index (χ2v) is 22.0. The number of benzene rings is 1. The Morgan fingerprint density at radius 2 is 1.57 bits per heavy atom. The summed E-state index contributed by atoms with van der Waals surface area (Å²) in [4.78, 5) is 39.0. The van der Waals surface area contributed by atoms with Crippen LogP contribution in [0.3, 0.4) is 0 Å². The number of hydrogen-bond donors (Lipinski definition) is 3. The van der Waals surface area contributed by atoms with Gasteiger partial charge in [0.15, 0.2) is 0 Å². The Balaban J connectivity index is 1.16. The Morgan fingerprint density at radius 3 is 2.18 bits per heavy atom.